The number of hydrogen-bond acceptors (Lipinski definition) is 3. The minimum absolute atomic E-state index is 0.00672. The van der Waals surface area contributed by atoms with Gasteiger partial charge in [-0.1, -0.05) is 62.4 Å². The van der Waals surface area contributed by atoms with Gasteiger partial charge in [0.2, 0.25) is 5.91 Å². The van der Waals surface area contributed by atoms with Gasteiger partial charge in [0.15, 0.2) is 9.84 Å². The van der Waals surface area contributed by atoms with E-state index in [1.165, 1.54) is 44.2 Å². The Morgan fingerprint density at radius 1 is 1.00 bits per heavy atom. The van der Waals surface area contributed by atoms with E-state index in [1.54, 1.807) is 24.3 Å². The van der Waals surface area contributed by atoms with Crippen LogP contribution in [-0.2, 0) is 14.6 Å². The zero-order chi connectivity index (χ0) is 20.7. The van der Waals surface area contributed by atoms with E-state index in [1.807, 2.05) is 6.07 Å². The predicted molar refractivity (Wildman–Crippen MR) is 112 cm³/mol. The molecule has 0 bridgehead atoms. The molecule has 2 aromatic rings. The summed E-state index contributed by atoms with van der Waals surface area (Å²) < 4.78 is 39.6. The normalized spacial score (nSPS) is 16.3. The topological polar surface area (TPSA) is 63.2 Å². The first-order valence-corrected chi connectivity index (χ1v) is 11.8. The second-order valence-electron chi connectivity index (χ2n) is 7.75. The lowest BCUT2D eigenvalue weighted by Crippen LogP contribution is -2.32. The Morgan fingerprint density at radius 3 is 2.31 bits per heavy atom. The standard InChI is InChI=1S/C23H28FNO3S/c24-20-12-14-21(15-13-20)29(27,28)22(19-9-5-2-6-10-19)17-25-23(26)16-11-18-7-3-1-4-8-18/h2,5-6,9-10,12-15,18,22H,1,3-4,7-8,11,16-17H2,(H,25,26). The fourth-order valence-corrected chi connectivity index (χ4v) is 5.63. The van der Waals surface area contributed by atoms with Crippen LogP contribution in [-0.4, -0.2) is 20.9 Å². The van der Waals surface area contributed by atoms with E-state index in [4.69, 9.17) is 0 Å². The molecule has 1 atom stereocenters. The lowest BCUT2D eigenvalue weighted by atomic mass is 9.86. The van der Waals surface area contributed by atoms with Crippen LogP contribution in [0.3, 0.4) is 0 Å². The summed E-state index contributed by atoms with van der Waals surface area (Å²) in [6, 6.07) is 13.6. The van der Waals surface area contributed by atoms with Crippen molar-refractivity contribution >= 4 is 15.7 Å². The van der Waals surface area contributed by atoms with Gasteiger partial charge in [0.25, 0.3) is 0 Å². The summed E-state index contributed by atoms with van der Waals surface area (Å²) in [7, 11) is -3.78. The molecule has 1 N–H and O–H groups in total. The molecular formula is C23H28FNO3S. The molecule has 156 valence electrons. The molecule has 1 amide bonds. The van der Waals surface area contributed by atoms with E-state index in [0.717, 1.165) is 18.6 Å². The van der Waals surface area contributed by atoms with Crippen LogP contribution in [0.15, 0.2) is 59.5 Å². The second kappa shape index (κ2) is 10.0. The first-order chi connectivity index (χ1) is 14.0. The van der Waals surface area contributed by atoms with Crippen LogP contribution in [0.1, 0.15) is 55.8 Å². The molecule has 0 aliphatic heterocycles. The molecule has 0 aromatic heterocycles. The number of nitrogens with one attached hydrogen (secondary N) is 1. The van der Waals surface area contributed by atoms with Crippen LogP contribution in [0, 0.1) is 11.7 Å². The molecule has 6 heteroatoms. The fraction of sp³-hybridized carbons (Fsp3) is 0.435. The highest BCUT2D eigenvalue weighted by molar-refractivity contribution is 7.91. The molecule has 0 spiro atoms. The van der Waals surface area contributed by atoms with Crippen LogP contribution < -0.4 is 5.32 Å². The highest BCUT2D eigenvalue weighted by Gasteiger charge is 2.29. The molecule has 1 aliphatic carbocycles. The molecule has 2 aromatic carbocycles. The third kappa shape index (κ3) is 5.89. The molecule has 1 unspecified atom stereocenters. The Labute approximate surface area is 172 Å². The quantitative estimate of drug-likeness (QED) is 0.627. The maximum atomic E-state index is 13.2. The fourth-order valence-electron chi connectivity index (χ4n) is 3.97. The van der Waals surface area contributed by atoms with Crippen molar-refractivity contribution in [3.05, 3.63) is 66.0 Å². The van der Waals surface area contributed by atoms with Crippen LogP contribution in [0.4, 0.5) is 4.39 Å². The summed E-state index contributed by atoms with van der Waals surface area (Å²) in [5, 5.41) is 1.89. The summed E-state index contributed by atoms with van der Waals surface area (Å²) >= 11 is 0. The van der Waals surface area contributed by atoms with Crippen molar-refractivity contribution in [2.75, 3.05) is 6.54 Å². The highest BCUT2D eigenvalue weighted by atomic mass is 32.2. The Morgan fingerprint density at radius 2 is 1.66 bits per heavy atom. The molecule has 3 rings (SSSR count). The van der Waals surface area contributed by atoms with Gasteiger partial charge in [-0.05, 0) is 42.2 Å². The molecule has 0 heterocycles. The van der Waals surface area contributed by atoms with Crippen molar-refractivity contribution in [1.82, 2.24) is 5.32 Å². The van der Waals surface area contributed by atoms with Gasteiger partial charge < -0.3 is 5.32 Å². The zero-order valence-corrected chi connectivity index (χ0v) is 17.3. The number of rotatable bonds is 8. The summed E-state index contributed by atoms with van der Waals surface area (Å²) in [5.41, 5.74) is 0.601. The maximum absolute atomic E-state index is 13.2. The van der Waals surface area contributed by atoms with Crippen molar-refractivity contribution in [2.24, 2.45) is 5.92 Å². The zero-order valence-electron chi connectivity index (χ0n) is 16.5. The number of benzene rings is 2. The average molecular weight is 418 g/mol. The molecule has 29 heavy (non-hydrogen) atoms. The molecule has 1 saturated carbocycles. The van der Waals surface area contributed by atoms with Crippen LogP contribution in [0.25, 0.3) is 0 Å². The third-order valence-electron chi connectivity index (χ3n) is 5.68. The second-order valence-corrected chi connectivity index (χ2v) is 9.88. The Kier molecular flexibility index (Phi) is 7.42. The molecule has 4 nitrogen and oxygen atoms in total. The Hall–Kier alpha value is -2.21. The SMILES string of the molecule is O=C(CCC1CCCCC1)NCC(c1ccccc1)S(=O)(=O)c1ccc(F)cc1. The van der Waals surface area contributed by atoms with Gasteiger partial charge in [0.1, 0.15) is 11.1 Å². The smallest absolute Gasteiger partial charge is 0.220 e. The van der Waals surface area contributed by atoms with Gasteiger partial charge in [-0.3, -0.25) is 4.79 Å². The van der Waals surface area contributed by atoms with Crippen molar-refractivity contribution < 1.29 is 17.6 Å². The van der Waals surface area contributed by atoms with Gasteiger partial charge in [0.05, 0.1) is 4.90 Å². The largest absolute Gasteiger partial charge is 0.354 e. The van der Waals surface area contributed by atoms with Gasteiger partial charge in [-0.25, -0.2) is 12.8 Å². The number of sulfone groups is 1. The first-order valence-electron chi connectivity index (χ1n) is 10.3. The summed E-state index contributed by atoms with van der Waals surface area (Å²) in [6.07, 6.45) is 7.38. The number of hydrogen-bond donors (Lipinski definition) is 1. The molecule has 0 saturated heterocycles. The third-order valence-corrected chi connectivity index (χ3v) is 7.79. The van der Waals surface area contributed by atoms with Gasteiger partial charge in [0, 0.05) is 13.0 Å². The van der Waals surface area contributed by atoms with Crippen molar-refractivity contribution in [3.63, 3.8) is 0 Å². The van der Waals surface area contributed by atoms with Crippen LogP contribution in [0.5, 0.6) is 0 Å². The summed E-state index contributed by atoms with van der Waals surface area (Å²) in [6.45, 7) is -0.00672. The lowest BCUT2D eigenvalue weighted by Gasteiger charge is -2.22. The van der Waals surface area contributed by atoms with Crippen molar-refractivity contribution in [3.8, 4) is 0 Å². The predicted octanol–water partition coefficient (Wildman–Crippen LogP) is 4.82. The molecular weight excluding hydrogens is 389 g/mol. The van der Waals surface area contributed by atoms with E-state index in [-0.39, 0.29) is 17.3 Å². The van der Waals surface area contributed by atoms with E-state index < -0.39 is 20.9 Å². The van der Waals surface area contributed by atoms with Crippen LogP contribution in [0.2, 0.25) is 0 Å². The Balaban J connectivity index is 1.69. The number of halogens is 1. The van der Waals surface area contributed by atoms with Crippen molar-refractivity contribution in [2.45, 2.75) is 55.1 Å². The van der Waals surface area contributed by atoms with E-state index in [0.29, 0.717) is 17.9 Å². The molecule has 0 radical (unpaired) electrons. The maximum Gasteiger partial charge on any atom is 0.220 e. The molecule has 1 aliphatic rings. The monoisotopic (exact) mass is 417 g/mol. The van der Waals surface area contributed by atoms with Gasteiger partial charge in [-0.2, -0.15) is 0 Å². The van der Waals surface area contributed by atoms with Gasteiger partial charge >= 0.3 is 0 Å². The van der Waals surface area contributed by atoms with Crippen LogP contribution >= 0.6 is 0 Å². The number of carbonyl (C=O) groups excluding carboxylic acids is 1. The number of amides is 1. The first kappa shape index (κ1) is 21.5. The highest BCUT2D eigenvalue weighted by Crippen LogP contribution is 2.29. The average Bonchev–Trinajstić information content (AvgIpc) is 2.74. The summed E-state index contributed by atoms with van der Waals surface area (Å²) in [5.74, 6) is -0.00981. The van der Waals surface area contributed by atoms with Crippen molar-refractivity contribution in [1.29, 1.82) is 0 Å². The van der Waals surface area contributed by atoms with Gasteiger partial charge in [-0.15, -0.1) is 0 Å². The van der Waals surface area contributed by atoms with E-state index in [9.17, 15) is 17.6 Å². The minimum Gasteiger partial charge on any atom is -0.354 e. The van der Waals surface area contributed by atoms with E-state index in [2.05, 4.69) is 5.32 Å². The minimum atomic E-state index is -3.78. The Bertz CT molecular complexity index is 891. The molecule has 1 fully saturated rings. The number of carbonyl (C=O) groups is 1. The summed E-state index contributed by atoms with van der Waals surface area (Å²) in [4.78, 5) is 12.4. The lowest BCUT2D eigenvalue weighted by molar-refractivity contribution is -0.121. The van der Waals surface area contributed by atoms with E-state index >= 15 is 0 Å².